The SMILES string of the molecule is COc1cccc(C2=CN3C(=O)c4cc(OC)c(OCCCOc5cc6c(cc5OC)C(=O)N5C=C(c7cccc(OC)c7)C[C@H]5[C@H](O[Si](C)(C)C(C)(C)C)N6C(=O)OCC(Cl)(Cl)Cl)cc4N(C(=O)OCC(Cl)(Cl)Cl)[C@@H](O[Si](C)(C)C(C)(C)C)[C@@H]3C2)c1. The highest BCUT2D eigenvalue weighted by Crippen LogP contribution is 2.50. The Morgan fingerprint density at radius 1 is 0.529 bits per heavy atom. The summed E-state index contributed by atoms with van der Waals surface area (Å²) in [5.74, 6) is 1.01. The lowest BCUT2D eigenvalue weighted by Gasteiger charge is -2.44. The van der Waals surface area contributed by atoms with Crippen molar-refractivity contribution in [1.29, 1.82) is 0 Å². The van der Waals surface area contributed by atoms with Crippen molar-refractivity contribution in [2.75, 3.05) is 64.7 Å². The van der Waals surface area contributed by atoms with Crippen molar-refractivity contribution < 1.29 is 65.9 Å². The first-order chi connectivity index (χ1) is 40.6. The number of ether oxygens (including phenoxy) is 8. The first-order valence-corrected chi connectivity index (χ1v) is 36.2. The molecule has 0 N–H and O–H groups in total. The van der Waals surface area contributed by atoms with Crippen LogP contribution < -0.4 is 38.2 Å². The molecule has 0 saturated carbocycles. The maximum absolute atomic E-state index is 15.2. The predicted molar refractivity (Wildman–Crippen MR) is 345 cm³/mol. The van der Waals surface area contributed by atoms with Crippen LogP contribution in [0.2, 0.25) is 36.3 Å². The van der Waals surface area contributed by atoms with Crippen LogP contribution in [-0.2, 0) is 18.3 Å². The van der Waals surface area contributed by atoms with Crippen molar-refractivity contribution in [3.63, 3.8) is 0 Å². The van der Waals surface area contributed by atoms with Gasteiger partial charge in [-0.2, -0.15) is 0 Å². The van der Waals surface area contributed by atoms with Gasteiger partial charge in [0, 0.05) is 31.0 Å². The fourth-order valence-corrected chi connectivity index (χ4v) is 12.7. The second-order valence-corrected chi connectivity index (χ2v) is 39.0. The number of hydrogen-bond acceptors (Lipinski definition) is 14. The third kappa shape index (κ3) is 15.0. The van der Waals surface area contributed by atoms with Crippen molar-refractivity contribution in [2.45, 2.75) is 129 Å². The van der Waals surface area contributed by atoms with Crippen LogP contribution in [0.3, 0.4) is 0 Å². The lowest BCUT2D eigenvalue weighted by atomic mass is 10.0. The molecule has 8 rings (SSSR count). The number of amides is 4. The molecule has 0 unspecified atom stereocenters. The van der Waals surface area contributed by atoms with Gasteiger partial charge in [0.05, 0.1) is 76.2 Å². The van der Waals surface area contributed by atoms with E-state index in [2.05, 4.69) is 41.5 Å². The number of alkyl halides is 6. The van der Waals surface area contributed by atoms with Gasteiger partial charge in [-0.15, -0.1) is 0 Å². The molecule has 26 heteroatoms. The molecule has 0 bridgehead atoms. The van der Waals surface area contributed by atoms with Crippen LogP contribution in [0.1, 0.15) is 92.6 Å². The minimum absolute atomic E-state index is 0.00562. The molecule has 4 heterocycles. The average Bonchev–Trinajstić information content (AvgIpc) is 1.66. The van der Waals surface area contributed by atoms with E-state index in [0.717, 1.165) is 22.3 Å². The summed E-state index contributed by atoms with van der Waals surface area (Å²) < 4.78 is 57.8. The number of carbonyl (C=O) groups excluding carboxylic acids is 4. The van der Waals surface area contributed by atoms with Gasteiger partial charge in [0.1, 0.15) is 24.7 Å². The number of hydrogen-bond donors (Lipinski definition) is 0. The number of fused-ring (bicyclic) bond motifs is 4. The highest BCUT2D eigenvalue weighted by atomic mass is 35.6. The van der Waals surface area contributed by atoms with E-state index < -0.39 is 86.0 Å². The fourth-order valence-electron chi connectivity index (χ4n) is 9.96. The van der Waals surface area contributed by atoms with Crippen LogP contribution in [0.4, 0.5) is 21.0 Å². The largest absolute Gasteiger partial charge is 0.497 e. The molecule has 4 aliphatic rings. The first-order valence-electron chi connectivity index (χ1n) is 28.1. The maximum atomic E-state index is 15.2. The average molecular weight is 1360 g/mol. The molecule has 4 aliphatic heterocycles. The standard InChI is InChI=1S/C61H74Cl6N4O14Si2/c1-58(2,3)86(11,12)84-54-46-26-38(36-18-15-20-40(24-36)76-7)32-68(46)52(72)42-28-48(78-9)50(30-44(42)70(54)56(74)82-34-60(62,63)64)80-22-17-23-81-51-31-45-43(29-49(51)79-10)53(73)69-33-39(37-19-16-21-41(25-37)77-8)27-47(69)55(85-87(13,14)59(4,5)6)71(45)57(75)83-35-61(65,66)67/h15-16,18-21,24-25,28-33,46-47,54-55H,17,22-23,26-27,34-35H2,1-14H3/t46-,47-,54-,55-/m0/s1. The van der Waals surface area contributed by atoms with Gasteiger partial charge in [0.25, 0.3) is 11.8 Å². The molecule has 87 heavy (non-hydrogen) atoms. The Bertz CT molecular complexity index is 3110. The number of nitrogens with zero attached hydrogens (tertiary/aromatic N) is 4. The zero-order chi connectivity index (χ0) is 63.9. The van der Waals surface area contributed by atoms with Crippen LogP contribution in [0.15, 0.2) is 85.2 Å². The Morgan fingerprint density at radius 3 is 1.22 bits per heavy atom. The van der Waals surface area contributed by atoms with E-state index in [1.165, 1.54) is 48.3 Å². The molecule has 4 aromatic rings. The molecule has 18 nitrogen and oxygen atoms in total. The fraction of sp³-hybridized carbons (Fsp3) is 0.475. The van der Waals surface area contributed by atoms with Crippen LogP contribution in [0.25, 0.3) is 11.1 Å². The molecule has 0 spiro atoms. The van der Waals surface area contributed by atoms with E-state index in [1.807, 2.05) is 74.7 Å². The second-order valence-electron chi connectivity index (χ2n) is 24.4. The molecular formula is C61H74Cl6N4O14Si2. The lowest BCUT2D eigenvalue weighted by molar-refractivity contribution is 0.0584. The van der Waals surface area contributed by atoms with Crippen LogP contribution in [0.5, 0.6) is 34.5 Å². The van der Waals surface area contributed by atoms with Gasteiger partial charge in [0.2, 0.25) is 7.59 Å². The smallest absolute Gasteiger partial charge is 0.416 e. The van der Waals surface area contributed by atoms with E-state index in [0.29, 0.717) is 11.5 Å². The van der Waals surface area contributed by atoms with Crippen molar-refractivity contribution in [3.05, 3.63) is 107 Å². The summed E-state index contributed by atoms with van der Waals surface area (Å²) in [6.07, 6.45) is 0.163. The Hall–Kier alpha value is -5.27. The third-order valence-corrected chi connectivity index (χ3v) is 26.1. The Kier molecular flexibility index (Phi) is 20.4. The van der Waals surface area contributed by atoms with Crippen LogP contribution in [-0.4, -0.2) is 137 Å². The van der Waals surface area contributed by atoms with E-state index >= 15 is 9.59 Å². The van der Waals surface area contributed by atoms with E-state index in [9.17, 15) is 9.59 Å². The molecular weight excluding hydrogens is 1280 g/mol. The van der Waals surface area contributed by atoms with Gasteiger partial charge in [-0.05, 0) is 108 Å². The van der Waals surface area contributed by atoms with Crippen molar-refractivity contribution in [1.82, 2.24) is 9.80 Å². The minimum atomic E-state index is -2.81. The molecule has 0 radical (unpaired) electrons. The summed E-state index contributed by atoms with van der Waals surface area (Å²) in [6, 6.07) is 19.5. The number of carbonyl (C=O) groups is 4. The van der Waals surface area contributed by atoms with Crippen molar-refractivity contribution in [3.8, 4) is 34.5 Å². The summed E-state index contributed by atoms with van der Waals surface area (Å²) in [5.41, 5.74) is 3.57. The summed E-state index contributed by atoms with van der Waals surface area (Å²) in [5, 5.41) is -0.723. The summed E-state index contributed by atoms with van der Waals surface area (Å²) in [6.45, 7) is 19.4. The Morgan fingerprint density at radius 2 is 0.897 bits per heavy atom. The number of benzene rings is 4. The maximum Gasteiger partial charge on any atom is 0.416 e. The molecule has 0 fully saturated rings. The zero-order valence-corrected chi connectivity index (χ0v) is 57.6. The molecule has 4 aromatic carbocycles. The van der Waals surface area contributed by atoms with E-state index in [4.69, 9.17) is 116 Å². The number of methoxy groups -OCH3 is 4. The van der Waals surface area contributed by atoms with Gasteiger partial charge in [-0.1, -0.05) is 135 Å². The molecule has 0 saturated heterocycles. The zero-order valence-electron chi connectivity index (χ0n) is 51.1. The molecule has 4 atom stereocenters. The minimum Gasteiger partial charge on any atom is -0.497 e. The highest BCUT2D eigenvalue weighted by Gasteiger charge is 2.53. The Labute approximate surface area is 540 Å². The number of halogens is 6. The normalized spacial score (nSPS) is 19.0. The third-order valence-electron chi connectivity index (χ3n) is 16.6. The number of anilines is 2. The number of rotatable bonds is 18. The van der Waals surface area contributed by atoms with Crippen LogP contribution in [0, 0.1) is 0 Å². The van der Waals surface area contributed by atoms with Gasteiger partial charge in [0.15, 0.2) is 52.1 Å². The molecule has 472 valence electrons. The summed E-state index contributed by atoms with van der Waals surface area (Å²) in [4.78, 5) is 65.8. The van der Waals surface area contributed by atoms with E-state index in [1.54, 1.807) is 36.4 Å². The quantitative estimate of drug-likeness (QED) is 0.0523. The van der Waals surface area contributed by atoms with E-state index in [-0.39, 0.29) is 88.1 Å². The van der Waals surface area contributed by atoms with Gasteiger partial charge in [-0.25, -0.2) is 19.4 Å². The van der Waals surface area contributed by atoms with Gasteiger partial charge in [-0.3, -0.25) is 9.59 Å². The van der Waals surface area contributed by atoms with Crippen molar-refractivity contribution >= 4 is 133 Å². The second kappa shape index (κ2) is 26.3. The van der Waals surface area contributed by atoms with Gasteiger partial charge >= 0.3 is 12.2 Å². The molecule has 4 amide bonds. The lowest BCUT2D eigenvalue weighted by Crippen LogP contribution is -2.58. The highest BCUT2D eigenvalue weighted by molar-refractivity contribution is 6.74. The van der Waals surface area contributed by atoms with Crippen molar-refractivity contribution in [2.24, 2.45) is 0 Å². The van der Waals surface area contributed by atoms with Crippen LogP contribution >= 0.6 is 69.6 Å². The molecule has 0 aliphatic carbocycles. The summed E-state index contributed by atoms with van der Waals surface area (Å²) >= 11 is 37.0. The monoisotopic (exact) mass is 1350 g/mol. The Balaban J connectivity index is 1.15. The topological polar surface area (TPSA) is 174 Å². The molecule has 0 aromatic heterocycles. The van der Waals surface area contributed by atoms with Gasteiger partial charge < -0.3 is 56.5 Å². The summed E-state index contributed by atoms with van der Waals surface area (Å²) in [7, 11) is 0.398. The predicted octanol–water partition coefficient (Wildman–Crippen LogP) is 15.4. The first kappa shape index (κ1) is 67.7.